The number of rotatable bonds is 11. The summed E-state index contributed by atoms with van der Waals surface area (Å²) >= 11 is 3.37. The third-order valence-electron chi connectivity index (χ3n) is 5.87. The van der Waals surface area contributed by atoms with E-state index in [9.17, 15) is 18.0 Å². The molecule has 0 spiro atoms. The fourth-order valence-corrected chi connectivity index (χ4v) is 5.57. The maximum atomic E-state index is 13.8. The van der Waals surface area contributed by atoms with Gasteiger partial charge in [0.15, 0.2) is 0 Å². The van der Waals surface area contributed by atoms with Gasteiger partial charge in [0.2, 0.25) is 11.8 Å². The zero-order valence-corrected chi connectivity index (χ0v) is 23.3. The molecule has 0 aliphatic heterocycles. The number of nitrogens with zero attached hydrogens (tertiary/aromatic N) is 2. The van der Waals surface area contributed by atoms with Crippen molar-refractivity contribution in [2.75, 3.05) is 25.0 Å². The summed E-state index contributed by atoms with van der Waals surface area (Å²) in [6.45, 7) is 1.44. The molecule has 1 atom stereocenters. The van der Waals surface area contributed by atoms with Crippen LogP contribution in [0.15, 0.2) is 88.2 Å². The second kappa shape index (κ2) is 12.7. The van der Waals surface area contributed by atoms with Crippen molar-refractivity contribution in [1.29, 1.82) is 0 Å². The van der Waals surface area contributed by atoms with E-state index in [4.69, 9.17) is 4.74 Å². The highest BCUT2D eigenvalue weighted by Gasteiger charge is 2.33. The minimum Gasteiger partial charge on any atom is -0.497 e. The first-order chi connectivity index (χ1) is 17.7. The molecule has 8 nitrogen and oxygen atoms in total. The third-order valence-corrected chi connectivity index (χ3v) is 8.19. The molecule has 0 heterocycles. The minimum absolute atomic E-state index is 0.0609. The van der Waals surface area contributed by atoms with E-state index in [2.05, 4.69) is 21.2 Å². The van der Waals surface area contributed by atoms with E-state index in [1.807, 2.05) is 12.1 Å². The molecule has 0 aliphatic carbocycles. The van der Waals surface area contributed by atoms with Gasteiger partial charge in [-0.05, 0) is 60.5 Å². The summed E-state index contributed by atoms with van der Waals surface area (Å²) in [5.74, 6) is -0.172. The quantitative estimate of drug-likeness (QED) is 0.362. The number of ether oxygens (including phenoxy) is 1. The highest BCUT2D eigenvalue weighted by molar-refractivity contribution is 9.10. The molecule has 37 heavy (non-hydrogen) atoms. The predicted molar refractivity (Wildman–Crippen MR) is 147 cm³/mol. The minimum atomic E-state index is -4.08. The third kappa shape index (κ3) is 6.90. The molecule has 10 heteroatoms. The number of nitrogens with one attached hydrogen (secondary N) is 1. The molecular formula is C27H30BrN3O5S. The predicted octanol–water partition coefficient (Wildman–Crippen LogP) is 4.21. The lowest BCUT2D eigenvalue weighted by molar-refractivity contribution is -0.140. The van der Waals surface area contributed by atoms with Gasteiger partial charge in [-0.25, -0.2) is 8.42 Å². The normalized spacial score (nSPS) is 11.9. The maximum Gasteiger partial charge on any atom is 0.264 e. The van der Waals surface area contributed by atoms with E-state index in [-0.39, 0.29) is 17.3 Å². The highest BCUT2D eigenvalue weighted by Crippen LogP contribution is 2.26. The zero-order valence-electron chi connectivity index (χ0n) is 20.9. The Kier molecular flexibility index (Phi) is 9.71. The molecule has 1 N–H and O–H groups in total. The van der Waals surface area contributed by atoms with Crippen LogP contribution in [0.25, 0.3) is 0 Å². The van der Waals surface area contributed by atoms with Crippen molar-refractivity contribution in [2.45, 2.75) is 30.8 Å². The average Bonchev–Trinajstić information content (AvgIpc) is 2.92. The fourth-order valence-electron chi connectivity index (χ4n) is 3.87. The van der Waals surface area contributed by atoms with Gasteiger partial charge >= 0.3 is 0 Å². The van der Waals surface area contributed by atoms with Crippen LogP contribution in [0.1, 0.15) is 18.9 Å². The summed E-state index contributed by atoms with van der Waals surface area (Å²) in [5.41, 5.74) is 1.11. The summed E-state index contributed by atoms with van der Waals surface area (Å²) < 4.78 is 34.4. The molecule has 1 unspecified atom stereocenters. The smallest absolute Gasteiger partial charge is 0.264 e. The first-order valence-corrected chi connectivity index (χ1v) is 13.9. The molecule has 0 aliphatic rings. The lowest BCUT2D eigenvalue weighted by atomic mass is 10.1. The van der Waals surface area contributed by atoms with Gasteiger partial charge in [-0.1, -0.05) is 53.2 Å². The van der Waals surface area contributed by atoms with Crippen LogP contribution < -0.4 is 14.4 Å². The van der Waals surface area contributed by atoms with Gasteiger partial charge < -0.3 is 15.0 Å². The van der Waals surface area contributed by atoms with Crippen LogP contribution in [0.4, 0.5) is 5.69 Å². The summed E-state index contributed by atoms with van der Waals surface area (Å²) in [5, 5.41) is 2.61. The molecule has 196 valence electrons. The fraction of sp³-hybridized carbons (Fsp3) is 0.259. The van der Waals surface area contributed by atoms with Crippen molar-refractivity contribution in [2.24, 2.45) is 0 Å². The van der Waals surface area contributed by atoms with Gasteiger partial charge in [0.25, 0.3) is 10.0 Å². The van der Waals surface area contributed by atoms with Gasteiger partial charge in [-0.3, -0.25) is 13.9 Å². The number of carbonyl (C=O) groups excluding carboxylic acids is 2. The number of halogens is 1. The molecule has 0 fully saturated rings. The molecule has 2 amide bonds. The Labute approximate surface area is 226 Å². The standard InChI is InChI=1S/C27H30BrN3O5S/c1-4-25(27(33)29-2)30(18-20-10-16-23(36-3)17-11-20)26(32)19-31(22-14-12-21(28)13-15-22)37(34,35)24-8-6-5-7-9-24/h5-17,25H,4,18-19H2,1-3H3,(H,29,33). The Bertz CT molecular complexity index is 1300. The highest BCUT2D eigenvalue weighted by atomic mass is 79.9. The topological polar surface area (TPSA) is 96.0 Å². The molecule has 0 saturated heterocycles. The Balaban J connectivity index is 2.02. The summed E-state index contributed by atoms with van der Waals surface area (Å²) in [7, 11) is -1.01. The Morgan fingerprint density at radius 2 is 1.59 bits per heavy atom. The summed E-state index contributed by atoms with van der Waals surface area (Å²) in [4.78, 5) is 28.0. The number of hydrogen-bond donors (Lipinski definition) is 1. The number of methoxy groups -OCH3 is 1. The summed E-state index contributed by atoms with van der Waals surface area (Å²) in [6.07, 6.45) is 0.352. The van der Waals surface area contributed by atoms with E-state index in [1.54, 1.807) is 68.6 Å². The Morgan fingerprint density at radius 3 is 2.14 bits per heavy atom. The molecule has 0 saturated carbocycles. The van der Waals surface area contributed by atoms with Gasteiger partial charge in [0.05, 0.1) is 17.7 Å². The second-order valence-corrected chi connectivity index (χ2v) is 11.0. The van der Waals surface area contributed by atoms with Crippen molar-refractivity contribution < 1.29 is 22.7 Å². The summed E-state index contributed by atoms with van der Waals surface area (Å²) in [6, 6.07) is 21.0. The first-order valence-electron chi connectivity index (χ1n) is 11.7. The number of likely N-dealkylation sites (N-methyl/N-ethyl adjacent to an activating group) is 1. The van der Waals surface area contributed by atoms with Crippen LogP contribution in [0.5, 0.6) is 5.75 Å². The monoisotopic (exact) mass is 587 g/mol. The van der Waals surface area contributed by atoms with E-state index < -0.39 is 28.5 Å². The number of amides is 2. The van der Waals surface area contributed by atoms with E-state index >= 15 is 0 Å². The van der Waals surface area contributed by atoms with Crippen LogP contribution in [0, 0.1) is 0 Å². The lowest BCUT2D eigenvalue weighted by Crippen LogP contribution is -2.51. The number of carbonyl (C=O) groups is 2. The van der Waals surface area contributed by atoms with E-state index in [0.29, 0.717) is 17.9 Å². The Hall–Kier alpha value is -3.37. The SMILES string of the molecule is CCC(C(=O)NC)N(Cc1ccc(OC)cc1)C(=O)CN(c1ccc(Br)cc1)S(=O)(=O)c1ccccc1. The number of hydrogen-bond acceptors (Lipinski definition) is 5. The van der Waals surface area contributed by atoms with Crippen molar-refractivity contribution >= 4 is 43.5 Å². The molecule has 3 aromatic carbocycles. The van der Waals surface area contributed by atoms with E-state index in [1.165, 1.54) is 24.1 Å². The van der Waals surface area contributed by atoms with Gasteiger partial charge in [0.1, 0.15) is 18.3 Å². The molecule has 0 bridgehead atoms. The van der Waals surface area contributed by atoms with Gasteiger partial charge in [0, 0.05) is 18.1 Å². The van der Waals surface area contributed by atoms with Crippen molar-refractivity contribution in [3.63, 3.8) is 0 Å². The van der Waals surface area contributed by atoms with Crippen molar-refractivity contribution in [3.05, 3.63) is 88.9 Å². The number of anilines is 1. The van der Waals surface area contributed by atoms with Crippen molar-refractivity contribution in [1.82, 2.24) is 10.2 Å². The van der Waals surface area contributed by atoms with E-state index in [0.717, 1.165) is 14.3 Å². The number of sulfonamides is 1. The maximum absolute atomic E-state index is 13.8. The Morgan fingerprint density at radius 1 is 0.973 bits per heavy atom. The number of benzene rings is 3. The average molecular weight is 589 g/mol. The largest absolute Gasteiger partial charge is 0.497 e. The molecular weight excluding hydrogens is 558 g/mol. The van der Waals surface area contributed by atoms with Crippen LogP contribution in [-0.2, 0) is 26.2 Å². The lowest BCUT2D eigenvalue weighted by Gasteiger charge is -2.33. The van der Waals surface area contributed by atoms with Crippen LogP contribution in [-0.4, -0.2) is 51.9 Å². The first kappa shape index (κ1) is 28.2. The molecule has 3 aromatic rings. The molecule has 0 aromatic heterocycles. The molecule has 0 radical (unpaired) electrons. The van der Waals surface area contributed by atoms with Crippen LogP contribution >= 0.6 is 15.9 Å². The molecule has 3 rings (SSSR count). The second-order valence-electron chi connectivity index (χ2n) is 8.21. The van der Waals surface area contributed by atoms with Gasteiger partial charge in [-0.2, -0.15) is 0 Å². The van der Waals surface area contributed by atoms with Crippen LogP contribution in [0.2, 0.25) is 0 Å². The van der Waals surface area contributed by atoms with Crippen LogP contribution in [0.3, 0.4) is 0 Å². The van der Waals surface area contributed by atoms with Gasteiger partial charge in [-0.15, -0.1) is 0 Å². The zero-order chi connectivity index (χ0) is 27.0. The van der Waals surface area contributed by atoms with Crippen molar-refractivity contribution in [3.8, 4) is 5.75 Å².